The summed E-state index contributed by atoms with van der Waals surface area (Å²) >= 11 is 0. The van der Waals surface area contributed by atoms with Gasteiger partial charge in [-0.2, -0.15) is 0 Å². The summed E-state index contributed by atoms with van der Waals surface area (Å²) in [6.07, 6.45) is 0. The van der Waals surface area contributed by atoms with Crippen LogP contribution in [-0.2, 0) is 0 Å². The van der Waals surface area contributed by atoms with Crippen molar-refractivity contribution in [1.82, 2.24) is 0 Å². The molecule has 15 heavy (non-hydrogen) atoms. The van der Waals surface area contributed by atoms with Gasteiger partial charge < -0.3 is 4.74 Å². The number of hydrogen-bond acceptors (Lipinski definition) is 1. The molecule has 1 heteroatoms. The Balaban J connectivity index is 2.90. The zero-order valence-corrected chi connectivity index (χ0v) is 10.8. The summed E-state index contributed by atoms with van der Waals surface area (Å²) in [5, 5.41) is 0. The van der Waals surface area contributed by atoms with Crippen LogP contribution >= 0.6 is 0 Å². The second kappa shape index (κ2) is 4.26. The molecule has 0 saturated heterocycles. The van der Waals surface area contributed by atoms with Crippen LogP contribution in [0.2, 0.25) is 0 Å². The number of hydrogen-bond donors (Lipinski definition) is 0. The predicted molar refractivity (Wildman–Crippen MR) is 65.6 cm³/mol. The van der Waals surface area contributed by atoms with Crippen LogP contribution in [0, 0.1) is 26.2 Å². The van der Waals surface area contributed by atoms with Crippen LogP contribution < -0.4 is 4.74 Å². The fourth-order valence-electron chi connectivity index (χ4n) is 1.44. The maximum absolute atomic E-state index is 5.91. The summed E-state index contributed by atoms with van der Waals surface area (Å²) in [7, 11) is 0. The molecule has 0 aromatic heterocycles. The molecule has 0 fully saturated rings. The molecular formula is C14H22O. The molecule has 1 nitrogen and oxygen atoms in total. The van der Waals surface area contributed by atoms with E-state index in [0.717, 1.165) is 12.4 Å². The van der Waals surface area contributed by atoms with Crippen molar-refractivity contribution in [1.29, 1.82) is 0 Å². The lowest BCUT2D eigenvalue weighted by atomic mass is 9.98. The molecule has 1 aromatic rings. The van der Waals surface area contributed by atoms with E-state index >= 15 is 0 Å². The first-order chi connectivity index (χ1) is 6.81. The van der Waals surface area contributed by atoms with Crippen molar-refractivity contribution in [3.05, 3.63) is 28.8 Å². The lowest BCUT2D eigenvalue weighted by Gasteiger charge is -2.21. The van der Waals surface area contributed by atoms with Crippen LogP contribution in [0.25, 0.3) is 0 Å². The predicted octanol–water partition coefficient (Wildman–Crippen LogP) is 4.04. The molecule has 0 atom stereocenters. The Morgan fingerprint density at radius 1 is 1.00 bits per heavy atom. The molecule has 0 N–H and O–H groups in total. The lowest BCUT2D eigenvalue weighted by Crippen LogP contribution is -2.17. The highest BCUT2D eigenvalue weighted by Crippen LogP contribution is 2.27. The van der Waals surface area contributed by atoms with Gasteiger partial charge in [0.05, 0.1) is 6.61 Å². The van der Waals surface area contributed by atoms with Crippen molar-refractivity contribution in [2.45, 2.75) is 41.5 Å². The summed E-state index contributed by atoms with van der Waals surface area (Å²) < 4.78 is 5.91. The third-order valence-electron chi connectivity index (χ3n) is 2.52. The summed E-state index contributed by atoms with van der Waals surface area (Å²) in [4.78, 5) is 0. The molecule has 0 amide bonds. The molecule has 0 unspecified atom stereocenters. The summed E-state index contributed by atoms with van der Waals surface area (Å²) in [6.45, 7) is 13.7. The molecular weight excluding hydrogens is 184 g/mol. The quantitative estimate of drug-likeness (QED) is 0.709. The van der Waals surface area contributed by atoms with Gasteiger partial charge in [0.25, 0.3) is 0 Å². The van der Waals surface area contributed by atoms with Crippen LogP contribution in [-0.4, -0.2) is 6.61 Å². The van der Waals surface area contributed by atoms with Crippen LogP contribution in [0.15, 0.2) is 12.1 Å². The first-order valence-corrected chi connectivity index (χ1v) is 5.51. The van der Waals surface area contributed by atoms with Gasteiger partial charge in [-0.15, -0.1) is 0 Å². The van der Waals surface area contributed by atoms with Crippen molar-refractivity contribution in [3.8, 4) is 5.75 Å². The fraction of sp³-hybridized carbons (Fsp3) is 0.571. The normalized spacial score (nSPS) is 11.6. The second-order valence-electron chi connectivity index (χ2n) is 5.50. The monoisotopic (exact) mass is 206 g/mol. The van der Waals surface area contributed by atoms with Gasteiger partial charge in [0.15, 0.2) is 0 Å². The molecule has 0 heterocycles. The standard InChI is InChI=1S/C14H22O/c1-10-7-8-11(2)13(12(10)3)15-9-14(4,5)6/h7-8H,9H2,1-6H3. The SMILES string of the molecule is Cc1ccc(C)c(OCC(C)(C)C)c1C. The van der Waals surface area contributed by atoms with Gasteiger partial charge in [-0.3, -0.25) is 0 Å². The first-order valence-electron chi connectivity index (χ1n) is 5.51. The topological polar surface area (TPSA) is 9.23 Å². The van der Waals surface area contributed by atoms with E-state index in [1.807, 2.05) is 0 Å². The van der Waals surface area contributed by atoms with E-state index in [9.17, 15) is 0 Å². The molecule has 0 radical (unpaired) electrons. The summed E-state index contributed by atoms with van der Waals surface area (Å²) in [5.41, 5.74) is 3.99. The van der Waals surface area contributed by atoms with Crippen LogP contribution in [0.5, 0.6) is 5.75 Å². The van der Waals surface area contributed by atoms with Crippen LogP contribution in [0.1, 0.15) is 37.5 Å². The molecule has 0 aliphatic rings. The number of rotatable bonds is 2. The van der Waals surface area contributed by atoms with E-state index in [2.05, 4.69) is 53.7 Å². The highest BCUT2D eigenvalue weighted by Gasteiger charge is 2.13. The van der Waals surface area contributed by atoms with Crippen molar-refractivity contribution < 1.29 is 4.74 Å². The minimum atomic E-state index is 0.211. The van der Waals surface area contributed by atoms with E-state index < -0.39 is 0 Å². The van der Waals surface area contributed by atoms with Gasteiger partial charge in [-0.25, -0.2) is 0 Å². The van der Waals surface area contributed by atoms with Gasteiger partial charge in [0, 0.05) is 0 Å². The molecule has 1 aromatic carbocycles. The van der Waals surface area contributed by atoms with E-state index in [4.69, 9.17) is 4.74 Å². The van der Waals surface area contributed by atoms with Crippen molar-refractivity contribution >= 4 is 0 Å². The Bertz CT molecular complexity index is 345. The fourth-order valence-corrected chi connectivity index (χ4v) is 1.44. The van der Waals surface area contributed by atoms with Gasteiger partial charge in [-0.05, 0) is 42.9 Å². The average Bonchev–Trinajstić information content (AvgIpc) is 2.10. The van der Waals surface area contributed by atoms with Gasteiger partial charge in [0.1, 0.15) is 5.75 Å². The third kappa shape index (κ3) is 3.26. The number of ether oxygens (including phenoxy) is 1. The Hall–Kier alpha value is -0.980. The highest BCUT2D eigenvalue weighted by atomic mass is 16.5. The first kappa shape index (κ1) is 12.1. The zero-order chi connectivity index (χ0) is 11.6. The largest absolute Gasteiger partial charge is 0.492 e. The van der Waals surface area contributed by atoms with E-state index in [0.29, 0.717) is 0 Å². The van der Waals surface area contributed by atoms with Crippen molar-refractivity contribution in [2.75, 3.05) is 6.61 Å². The van der Waals surface area contributed by atoms with Gasteiger partial charge >= 0.3 is 0 Å². The van der Waals surface area contributed by atoms with E-state index in [-0.39, 0.29) is 5.41 Å². The van der Waals surface area contributed by atoms with Crippen LogP contribution in [0.3, 0.4) is 0 Å². The Labute approximate surface area is 93.5 Å². The van der Waals surface area contributed by atoms with Crippen molar-refractivity contribution in [2.24, 2.45) is 5.41 Å². The average molecular weight is 206 g/mol. The van der Waals surface area contributed by atoms with Crippen molar-refractivity contribution in [3.63, 3.8) is 0 Å². The minimum Gasteiger partial charge on any atom is -0.492 e. The minimum absolute atomic E-state index is 0.211. The maximum Gasteiger partial charge on any atom is 0.125 e. The number of benzene rings is 1. The van der Waals surface area contributed by atoms with Crippen LogP contribution in [0.4, 0.5) is 0 Å². The molecule has 0 aliphatic carbocycles. The Morgan fingerprint density at radius 3 is 2.07 bits per heavy atom. The summed E-state index contributed by atoms with van der Waals surface area (Å²) in [6, 6.07) is 4.27. The molecule has 0 aliphatic heterocycles. The summed E-state index contributed by atoms with van der Waals surface area (Å²) in [5.74, 6) is 1.06. The van der Waals surface area contributed by atoms with Gasteiger partial charge in [-0.1, -0.05) is 32.9 Å². The van der Waals surface area contributed by atoms with E-state index in [1.165, 1.54) is 16.7 Å². The van der Waals surface area contributed by atoms with E-state index in [1.54, 1.807) is 0 Å². The number of aryl methyl sites for hydroxylation is 2. The smallest absolute Gasteiger partial charge is 0.125 e. The lowest BCUT2D eigenvalue weighted by molar-refractivity contribution is 0.196. The zero-order valence-electron chi connectivity index (χ0n) is 10.8. The van der Waals surface area contributed by atoms with Gasteiger partial charge in [0.2, 0.25) is 0 Å². The maximum atomic E-state index is 5.91. The third-order valence-corrected chi connectivity index (χ3v) is 2.52. The molecule has 0 bridgehead atoms. The highest BCUT2D eigenvalue weighted by molar-refractivity contribution is 5.44. The molecule has 0 spiro atoms. The molecule has 0 saturated carbocycles. The second-order valence-corrected chi connectivity index (χ2v) is 5.50. The molecule has 1 rings (SSSR count). The molecule has 84 valence electrons. The Morgan fingerprint density at radius 2 is 1.53 bits per heavy atom. The Kier molecular flexibility index (Phi) is 3.43.